The number of fused-ring (bicyclic) bond motifs is 2. The maximum absolute atomic E-state index is 3.68. The zero-order valence-electron chi connectivity index (χ0n) is 13.0. The maximum Gasteiger partial charge on any atom is 0.0115 e. The third kappa shape index (κ3) is 3.50. The Morgan fingerprint density at radius 1 is 1.17 bits per heavy atom. The Hall–Kier alpha value is -0.0400. The van der Waals surface area contributed by atoms with E-state index in [1.54, 1.807) is 25.7 Å². The Balaban J connectivity index is 1.70. The van der Waals surface area contributed by atoms with Crippen molar-refractivity contribution in [3.63, 3.8) is 0 Å². The minimum absolute atomic E-state index is 0.407. The van der Waals surface area contributed by atoms with Crippen LogP contribution in [-0.2, 0) is 0 Å². The van der Waals surface area contributed by atoms with E-state index < -0.39 is 0 Å². The van der Waals surface area contributed by atoms with E-state index in [1.165, 1.54) is 19.3 Å². The van der Waals surface area contributed by atoms with Gasteiger partial charge in [0.25, 0.3) is 0 Å². The normalized spacial score (nSPS) is 33.0. The molecule has 4 atom stereocenters. The third-order valence-electron chi connectivity index (χ3n) is 5.45. The highest BCUT2D eigenvalue weighted by Crippen LogP contribution is 2.50. The SMILES string of the molecule is CCNC(CCCC1CC2CCC1C2)C(C)(C)C. The lowest BCUT2D eigenvalue weighted by Crippen LogP contribution is -2.40. The van der Waals surface area contributed by atoms with Gasteiger partial charge < -0.3 is 5.32 Å². The summed E-state index contributed by atoms with van der Waals surface area (Å²) < 4.78 is 0. The molecule has 2 aliphatic carbocycles. The monoisotopic (exact) mass is 251 g/mol. The lowest BCUT2D eigenvalue weighted by Gasteiger charge is -2.32. The van der Waals surface area contributed by atoms with Crippen molar-refractivity contribution in [2.45, 2.75) is 78.7 Å². The van der Waals surface area contributed by atoms with Crippen molar-refractivity contribution in [1.82, 2.24) is 5.32 Å². The Kier molecular flexibility index (Phi) is 4.75. The molecule has 0 aromatic heterocycles. The quantitative estimate of drug-likeness (QED) is 0.726. The Morgan fingerprint density at radius 3 is 2.44 bits per heavy atom. The first kappa shape index (κ1) is 14.4. The van der Waals surface area contributed by atoms with Crippen LogP contribution >= 0.6 is 0 Å². The van der Waals surface area contributed by atoms with E-state index in [0.717, 1.165) is 24.3 Å². The summed E-state index contributed by atoms with van der Waals surface area (Å²) >= 11 is 0. The number of rotatable bonds is 6. The van der Waals surface area contributed by atoms with Gasteiger partial charge in [0.05, 0.1) is 0 Å². The van der Waals surface area contributed by atoms with Crippen molar-refractivity contribution in [3.8, 4) is 0 Å². The Bertz CT molecular complexity index is 253. The molecule has 2 aliphatic rings. The van der Waals surface area contributed by atoms with Crippen LogP contribution in [0.25, 0.3) is 0 Å². The molecule has 2 fully saturated rings. The van der Waals surface area contributed by atoms with Crippen LogP contribution < -0.4 is 5.32 Å². The fourth-order valence-corrected chi connectivity index (χ4v) is 4.40. The van der Waals surface area contributed by atoms with Crippen LogP contribution in [0.15, 0.2) is 0 Å². The van der Waals surface area contributed by atoms with Crippen molar-refractivity contribution in [2.24, 2.45) is 23.2 Å². The molecule has 0 heterocycles. The topological polar surface area (TPSA) is 12.0 Å². The molecule has 106 valence electrons. The molecule has 2 saturated carbocycles. The van der Waals surface area contributed by atoms with Gasteiger partial charge in [-0.3, -0.25) is 0 Å². The van der Waals surface area contributed by atoms with Gasteiger partial charge >= 0.3 is 0 Å². The molecule has 2 rings (SSSR count). The van der Waals surface area contributed by atoms with E-state index in [9.17, 15) is 0 Å². The summed E-state index contributed by atoms with van der Waals surface area (Å²) in [6.45, 7) is 10.5. The molecule has 0 aromatic rings. The van der Waals surface area contributed by atoms with Gasteiger partial charge in [-0.2, -0.15) is 0 Å². The molecule has 18 heavy (non-hydrogen) atoms. The first-order chi connectivity index (χ1) is 8.50. The third-order valence-corrected chi connectivity index (χ3v) is 5.45. The van der Waals surface area contributed by atoms with Gasteiger partial charge in [0, 0.05) is 6.04 Å². The molecule has 1 nitrogen and oxygen atoms in total. The summed E-state index contributed by atoms with van der Waals surface area (Å²) in [5.41, 5.74) is 0.407. The second-order valence-electron chi connectivity index (χ2n) is 7.84. The van der Waals surface area contributed by atoms with E-state index in [4.69, 9.17) is 0 Å². The molecule has 0 spiro atoms. The second-order valence-corrected chi connectivity index (χ2v) is 7.84. The van der Waals surface area contributed by atoms with Crippen LogP contribution in [0.3, 0.4) is 0 Å². The van der Waals surface area contributed by atoms with Gasteiger partial charge in [0.1, 0.15) is 0 Å². The Morgan fingerprint density at radius 2 is 1.94 bits per heavy atom. The van der Waals surface area contributed by atoms with E-state index >= 15 is 0 Å². The summed E-state index contributed by atoms with van der Waals surface area (Å²) in [5.74, 6) is 3.32. The number of hydrogen-bond acceptors (Lipinski definition) is 1. The van der Waals surface area contributed by atoms with Gasteiger partial charge in [-0.1, -0.05) is 47.0 Å². The van der Waals surface area contributed by atoms with Gasteiger partial charge in [0.15, 0.2) is 0 Å². The van der Waals surface area contributed by atoms with Crippen LogP contribution in [0.1, 0.15) is 72.6 Å². The highest BCUT2D eigenvalue weighted by Gasteiger charge is 2.38. The molecule has 2 bridgehead atoms. The Labute approximate surface area is 114 Å². The fraction of sp³-hybridized carbons (Fsp3) is 1.00. The molecule has 0 aliphatic heterocycles. The molecule has 1 heteroatoms. The second kappa shape index (κ2) is 5.94. The fourth-order valence-electron chi connectivity index (χ4n) is 4.40. The molecule has 4 unspecified atom stereocenters. The van der Waals surface area contributed by atoms with Crippen LogP contribution in [0.5, 0.6) is 0 Å². The zero-order valence-corrected chi connectivity index (χ0v) is 13.0. The van der Waals surface area contributed by atoms with Crippen molar-refractivity contribution in [1.29, 1.82) is 0 Å². The van der Waals surface area contributed by atoms with Crippen LogP contribution in [0, 0.1) is 23.2 Å². The van der Waals surface area contributed by atoms with E-state index in [1.807, 2.05) is 0 Å². The summed E-state index contributed by atoms with van der Waals surface area (Å²) in [6, 6.07) is 0.695. The summed E-state index contributed by atoms with van der Waals surface area (Å²) in [7, 11) is 0. The van der Waals surface area contributed by atoms with E-state index in [0.29, 0.717) is 11.5 Å². The molecule has 0 radical (unpaired) electrons. The van der Waals surface area contributed by atoms with Crippen molar-refractivity contribution >= 4 is 0 Å². The van der Waals surface area contributed by atoms with Crippen LogP contribution in [-0.4, -0.2) is 12.6 Å². The highest BCUT2D eigenvalue weighted by atomic mass is 14.9. The zero-order chi connectivity index (χ0) is 13.2. The smallest absolute Gasteiger partial charge is 0.0115 e. The minimum atomic E-state index is 0.407. The molecule has 0 amide bonds. The minimum Gasteiger partial charge on any atom is -0.314 e. The number of nitrogens with one attached hydrogen (secondary N) is 1. The summed E-state index contributed by atoms with van der Waals surface area (Å²) in [5, 5.41) is 3.68. The highest BCUT2D eigenvalue weighted by molar-refractivity contribution is 4.90. The average Bonchev–Trinajstić information content (AvgIpc) is 2.88. The average molecular weight is 251 g/mol. The molecular formula is C17H33N. The van der Waals surface area contributed by atoms with Gasteiger partial charge in [-0.15, -0.1) is 0 Å². The van der Waals surface area contributed by atoms with E-state index in [2.05, 4.69) is 33.0 Å². The lowest BCUT2D eigenvalue weighted by molar-refractivity contribution is 0.237. The first-order valence-corrected chi connectivity index (χ1v) is 8.24. The van der Waals surface area contributed by atoms with Gasteiger partial charge in [-0.05, 0) is 55.4 Å². The van der Waals surface area contributed by atoms with Crippen LogP contribution in [0.4, 0.5) is 0 Å². The molecular weight excluding hydrogens is 218 g/mol. The molecule has 0 saturated heterocycles. The lowest BCUT2D eigenvalue weighted by atomic mass is 9.81. The van der Waals surface area contributed by atoms with E-state index in [-0.39, 0.29) is 0 Å². The van der Waals surface area contributed by atoms with Crippen molar-refractivity contribution in [2.75, 3.05) is 6.54 Å². The van der Waals surface area contributed by atoms with Gasteiger partial charge in [0.2, 0.25) is 0 Å². The predicted molar refractivity (Wildman–Crippen MR) is 79.7 cm³/mol. The van der Waals surface area contributed by atoms with Gasteiger partial charge in [-0.25, -0.2) is 0 Å². The van der Waals surface area contributed by atoms with Crippen molar-refractivity contribution in [3.05, 3.63) is 0 Å². The summed E-state index contributed by atoms with van der Waals surface area (Å²) in [4.78, 5) is 0. The molecule has 0 aromatic carbocycles. The predicted octanol–water partition coefficient (Wildman–Crippen LogP) is 4.62. The standard InChI is InChI=1S/C17H33N/c1-5-18-16(17(2,3)4)8-6-7-14-11-13-9-10-15(14)12-13/h13-16,18H,5-12H2,1-4H3. The largest absolute Gasteiger partial charge is 0.314 e. The van der Waals surface area contributed by atoms with Crippen molar-refractivity contribution < 1.29 is 0 Å². The maximum atomic E-state index is 3.68. The molecule has 1 N–H and O–H groups in total. The first-order valence-electron chi connectivity index (χ1n) is 8.24. The number of hydrogen-bond donors (Lipinski definition) is 1. The summed E-state index contributed by atoms with van der Waals surface area (Å²) in [6.07, 6.45) is 10.5. The van der Waals surface area contributed by atoms with Crippen LogP contribution in [0.2, 0.25) is 0 Å².